The lowest BCUT2D eigenvalue weighted by molar-refractivity contribution is -0.385. The average molecular weight is 217 g/mol. The van der Waals surface area contributed by atoms with Crippen LogP contribution < -0.4 is 0 Å². The van der Waals surface area contributed by atoms with Crippen molar-refractivity contribution in [3.8, 4) is 0 Å². The van der Waals surface area contributed by atoms with E-state index in [0.717, 1.165) is 11.1 Å². The lowest BCUT2D eigenvalue weighted by Gasteiger charge is -2.08. The van der Waals surface area contributed by atoms with Gasteiger partial charge in [-0.05, 0) is 11.6 Å². The van der Waals surface area contributed by atoms with Crippen LogP contribution in [0.2, 0.25) is 0 Å². The van der Waals surface area contributed by atoms with Crippen LogP contribution in [0.5, 0.6) is 0 Å². The van der Waals surface area contributed by atoms with Crippen LogP contribution in [-0.2, 0) is 0 Å². The summed E-state index contributed by atoms with van der Waals surface area (Å²) in [7, 11) is 0. The van der Waals surface area contributed by atoms with Crippen molar-refractivity contribution in [3.63, 3.8) is 0 Å². The van der Waals surface area contributed by atoms with E-state index in [1.165, 1.54) is 18.8 Å². The summed E-state index contributed by atoms with van der Waals surface area (Å²) in [5, 5.41) is 13.6. The second kappa shape index (κ2) is 4.35. The number of fused-ring (bicyclic) bond motifs is 1. The molecule has 6 heteroatoms. The van der Waals surface area contributed by atoms with E-state index in [1.807, 2.05) is 12.1 Å². The van der Waals surface area contributed by atoms with Crippen molar-refractivity contribution >= 4 is 17.8 Å². The van der Waals surface area contributed by atoms with E-state index in [0.29, 0.717) is 0 Å². The molecule has 0 fully saturated rings. The minimum atomic E-state index is -0.359. The van der Waals surface area contributed by atoms with Gasteiger partial charge in [-0.2, -0.15) is 0 Å². The quantitative estimate of drug-likeness (QED) is 0.460. The van der Waals surface area contributed by atoms with Gasteiger partial charge in [0, 0.05) is 6.07 Å². The zero-order valence-corrected chi connectivity index (χ0v) is 8.11. The first-order valence-electron chi connectivity index (χ1n) is 4.44. The van der Waals surface area contributed by atoms with Crippen molar-refractivity contribution < 1.29 is 9.45 Å². The van der Waals surface area contributed by atoms with Gasteiger partial charge in [-0.3, -0.25) is 10.1 Å². The first kappa shape index (κ1) is 10.0. The molecule has 6 nitrogen and oxygen atoms in total. The Bertz CT molecular complexity index is 503. The van der Waals surface area contributed by atoms with Crippen LogP contribution in [0.4, 0.5) is 5.69 Å². The van der Waals surface area contributed by atoms with Crippen LogP contribution in [0.1, 0.15) is 11.1 Å². The molecule has 1 aliphatic rings. The summed E-state index contributed by atoms with van der Waals surface area (Å²) in [5.41, 5.74) is 1.90. The Morgan fingerprint density at radius 1 is 1.31 bits per heavy atom. The number of hydrogen-bond donors (Lipinski definition) is 0. The highest BCUT2D eigenvalue weighted by molar-refractivity contribution is 5.89. The summed E-state index contributed by atoms with van der Waals surface area (Å²) in [6, 6.07) is 5.07. The minimum Gasteiger partial charge on any atom is -0.343 e. The van der Waals surface area contributed by atoms with Crippen molar-refractivity contribution in [1.82, 2.24) is 10.1 Å². The van der Waals surface area contributed by atoms with Gasteiger partial charge in [0.15, 0.2) is 6.33 Å². The molecule has 0 spiro atoms. The highest BCUT2D eigenvalue weighted by Gasteiger charge is 2.17. The van der Waals surface area contributed by atoms with Crippen molar-refractivity contribution in [2.45, 2.75) is 0 Å². The molecule has 16 heavy (non-hydrogen) atoms. The Hall–Kier alpha value is -2.50. The maximum absolute atomic E-state index is 10.4. The highest BCUT2D eigenvalue weighted by atomic mass is 16.6. The van der Waals surface area contributed by atoms with Gasteiger partial charge >= 0.3 is 0 Å². The van der Waals surface area contributed by atoms with Gasteiger partial charge in [-0.25, -0.2) is 4.98 Å². The Kier molecular flexibility index (Phi) is 2.73. The Morgan fingerprint density at radius 3 is 2.56 bits per heavy atom. The summed E-state index contributed by atoms with van der Waals surface area (Å²) < 4.78 is 4.22. The normalized spacial score (nSPS) is 10.8. The predicted octanol–water partition coefficient (Wildman–Crippen LogP) is 2.15. The molecule has 0 saturated carbocycles. The molecular weight excluding hydrogens is 210 g/mol. The van der Waals surface area contributed by atoms with E-state index < -0.39 is 0 Å². The molecule has 1 aromatic carbocycles. The van der Waals surface area contributed by atoms with Gasteiger partial charge in [0.2, 0.25) is 6.39 Å². The Balaban J connectivity index is 0.000000162. The number of nitro groups is 1. The molecule has 0 unspecified atom stereocenters. The number of nitrogens with zero attached hydrogens (tertiary/aromatic N) is 3. The second-order valence-corrected chi connectivity index (χ2v) is 2.95. The molecule has 0 radical (unpaired) electrons. The first-order chi connectivity index (χ1) is 7.79. The maximum Gasteiger partial charge on any atom is 0.277 e. The molecule has 0 saturated heterocycles. The Labute approximate surface area is 90.4 Å². The zero-order valence-electron chi connectivity index (χ0n) is 8.11. The lowest BCUT2D eigenvalue weighted by Crippen LogP contribution is -1.97. The summed E-state index contributed by atoms with van der Waals surface area (Å²) >= 11 is 0. The molecule has 1 aliphatic carbocycles. The third-order valence-corrected chi connectivity index (χ3v) is 2.03. The summed E-state index contributed by atoms with van der Waals surface area (Å²) in [6.07, 6.45) is 6.22. The molecule has 2 aromatic rings. The molecule has 0 amide bonds. The van der Waals surface area contributed by atoms with Crippen molar-refractivity contribution in [1.29, 1.82) is 0 Å². The smallest absolute Gasteiger partial charge is 0.277 e. The topological polar surface area (TPSA) is 82.1 Å². The van der Waals surface area contributed by atoms with E-state index in [-0.39, 0.29) is 10.6 Å². The SMILES string of the molecule is O=[N+]([O-])c1cccc2c1C=C2.c1ncon1. The second-order valence-electron chi connectivity index (χ2n) is 2.95. The van der Waals surface area contributed by atoms with Crippen LogP contribution in [0.25, 0.3) is 12.2 Å². The van der Waals surface area contributed by atoms with Crippen molar-refractivity contribution in [2.75, 3.05) is 0 Å². The Morgan fingerprint density at radius 2 is 2.19 bits per heavy atom. The summed E-state index contributed by atoms with van der Waals surface area (Å²) in [4.78, 5) is 13.5. The molecule has 0 aliphatic heterocycles. The maximum atomic E-state index is 10.4. The molecule has 80 valence electrons. The molecule has 0 bridgehead atoms. The van der Waals surface area contributed by atoms with Gasteiger partial charge < -0.3 is 4.52 Å². The van der Waals surface area contributed by atoms with Crippen LogP contribution in [-0.4, -0.2) is 15.1 Å². The van der Waals surface area contributed by atoms with Crippen LogP contribution in [0.15, 0.2) is 35.4 Å². The summed E-state index contributed by atoms with van der Waals surface area (Å²) in [5.74, 6) is 0. The third-order valence-electron chi connectivity index (χ3n) is 2.03. The highest BCUT2D eigenvalue weighted by Crippen LogP contribution is 2.31. The predicted molar refractivity (Wildman–Crippen MR) is 56.3 cm³/mol. The molecule has 3 rings (SSSR count). The van der Waals surface area contributed by atoms with E-state index in [9.17, 15) is 10.1 Å². The minimum absolute atomic E-state index is 0.199. The first-order valence-corrected chi connectivity index (χ1v) is 4.44. The molecular formula is C10H7N3O3. The van der Waals surface area contributed by atoms with Gasteiger partial charge in [0.05, 0.1) is 10.5 Å². The van der Waals surface area contributed by atoms with Crippen molar-refractivity contribution in [3.05, 3.63) is 52.2 Å². The fourth-order valence-corrected chi connectivity index (χ4v) is 1.27. The molecule has 1 heterocycles. The number of benzene rings is 1. The van der Waals surface area contributed by atoms with E-state index in [4.69, 9.17) is 0 Å². The van der Waals surface area contributed by atoms with E-state index in [2.05, 4.69) is 14.7 Å². The fourth-order valence-electron chi connectivity index (χ4n) is 1.27. The number of nitro benzene ring substituents is 1. The van der Waals surface area contributed by atoms with Crippen molar-refractivity contribution in [2.24, 2.45) is 0 Å². The van der Waals surface area contributed by atoms with E-state index in [1.54, 1.807) is 12.1 Å². The molecule has 0 atom stereocenters. The third kappa shape index (κ3) is 1.95. The largest absolute Gasteiger partial charge is 0.343 e. The lowest BCUT2D eigenvalue weighted by atomic mass is 9.96. The van der Waals surface area contributed by atoms with Crippen LogP contribution in [0, 0.1) is 10.1 Å². The summed E-state index contributed by atoms with van der Waals surface area (Å²) in [6.45, 7) is 0. The standard InChI is InChI=1S/C8H5NO2.C2H2N2O/c10-9(11)8-3-1-2-6-4-5-7(6)8;1-3-2-5-4-1/h1-5H;1-2H. The van der Waals surface area contributed by atoms with Gasteiger partial charge in [0.1, 0.15) is 0 Å². The average Bonchev–Trinajstić information content (AvgIpc) is 2.77. The monoisotopic (exact) mass is 217 g/mol. The van der Waals surface area contributed by atoms with Gasteiger partial charge in [-0.1, -0.05) is 23.4 Å². The number of hydrogen-bond acceptors (Lipinski definition) is 5. The molecule has 1 aromatic heterocycles. The van der Waals surface area contributed by atoms with Crippen LogP contribution in [0.3, 0.4) is 0 Å². The van der Waals surface area contributed by atoms with Gasteiger partial charge in [0.25, 0.3) is 5.69 Å². The fraction of sp³-hybridized carbons (Fsp3) is 0. The van der Waals surface area contributed by atoms with Gasteiger partial charge in [-0.15, -0.1) is 0 Å². The molecule has 0 N–H and O–H groups in total. The number of aromatic nitrogens is 2. The zero-order chi connectivity index (χ0) is 11.4. The number of rotatable bonds is 1. The van der Waals surface area contributed by atoms with Crippen LogP contribution >= 0.6 is 0 Å². The van der Waals surface area contributed by atoms with E-state index >= 15 is 0 Å².